The van der Waals surface area contributed by atoms with Gasteiger partial charge in [-0.05, 0) is 70.1 Å². The molecule has 1 N–H and O–H groups in total. The molecule has 6 aromatic rings. The number of pyridine rings is 1. The highest BCUT2D eigenvalue weighted by molar-refractivity contribution is 6.99. The summed E-state index contributed by atoms with van der Waals surface area (Å²) in [5.41, 5.74) is 3.42. The van der Waals surface area contributed by atoms with E-state index in [1.54, 1.807) is 24.3 Å². The number of piperazine rings is 1. The summed E-state index contributed by atoms with van der Waals surface area (Å²) < 4.78 is 24.2. The molecule has 4 aromatic carbocycles. The highest BCUT2D eigenvalue weighted by Crippen LogP contribution is 2.39. The van der Waals surface area contributed by atoms with Gasteiger partial charge in [-0.3, -0.25) is 0 Å². The number of halogens is 2. The van der Waals surface area contributed by atoms with Crippen molar-refractivity contribution in [2.24, 2.45) is 0 Å². The molecule has 300 valence electrons. The second-order valence-electron chi connectivity index (χ2n) is 16.5. The number of carboxylic acid groups (broad SMARTS) is 1. The van der Waals surface area contributed by atoms with Crippen molar-refractivity contribution in [3.63, 3.8) is 0 Å². The van der Waals surface area contributed by atoms with Gasteiger partial charge in [-0.2, -0.15) is 4.98 Å². The Hall–Kier alpha value is -5.36. The van der Waals surface area contributed by atoms with E-state index in [9.17, 15) is 14.7 Å². The third kappa shape index (κ3) is 7.42. The zero-order valence-corrected chi connectivity index (χ0v) is 35.7. The first-order valence-corrected chi connectivity index (χ1v) is 21.9. The van der Waals surface area contributed by atoms with E-state index in [1.165, 1.54) is 25.9 Å². The van der Waals surface area contributed by atoms with Gasteiger partial charge in [-0.25, -0.2) is 23.5 Å². The molecule has 0 aliphatic carbocycles. The molecule has 12 heteroatoms. The number of hydrogen-bond donors (Lipinski definition) is 1. The average molecular weight is 818 g/mol. The van der Waals surface area contributed by atoms with Crippen molar-refractivity contribution in [1.82, 2.24) is 19.4 Å². The third-order valence-corrected chi connectivity index (χ3v) is 16.5. The normalized spacial score (nSPS) is 15.0. The molecule has 9 nitrogen and oxygen atoms in total. The van der Waals surface area contributed by atoms with Gasteiger partial charge in [-0.1, -0.05) is 131 Å². The van der Waals surface area contributed by atoms with Gasteiger partial charge in [0.05, 0.1) is 28.4 Å². The number of nitrogens with zero attached hydrogens (tertiary/aromatic N) is 5. The van der Waals surface area contributed by atoms with E-state index >= 15 is 4.39 Å². The van der Waals surface area contributed by atoms with Crippen molar-refractivity contribution in [2.45, 2.75) is 72.1 Å². The number of benzene rings is 4. The smallest absolute Gasteiger partial charge is 0.407 e. The predicted molar refractivity (Wildman–Crippen MR) is 233 cm³/mol. The van der Waals surface area contributed by atoms with Crippen LogP contribution in [0.4, 0.5) is 15.0 Å². The van der Waals surface area contributed by atoms with E-state index in [-0.39, 0.29) is 52.0 Å². The minimum Gasteiger partial charge on any atom is -0.465 e. The number of amides is 1. The van der Waals surface area contributed by atoms with Gasteiger partial charge in [0, 0.05) is 31.2 Å². The van der Waals surface area contributed by atoms with Gasteiger partial charge in [-0.15, -0.1) is 0 Å². The van der Waals surface area contributed by atoms with Crippen molar-refractivity contribution in [3.05, 3.63) is 141 Å². The quantitative estimate of drug-likeness (QED) is 0.146. The number of anilines is 1. The minimum atomic E-state index is -2.86. The largest absolute Gasteiger partial charge is 0.465 e. The van der Waals surface area contributed by atoms with Gasteiger partial charge < -0.3 is 19.3 Å². The summed E-state index contributed by atoms with van der Waals surface area (Å²) in [6.45, 7) is 15.9. The molecule has 1 saturated heterocycles. The van der Waals surface area contributed by atoms with Crippen molar-refractivity contribution in [2.75, 3.05) is 24.5 Å². The Morgan fingerprint density at radius 2 is 1.57 bits per heavy atom. The van der Waals surface area contributed by atoms with Crippen LogP contribution in [0.5, 0.6) is 0 Å². The molecule has 1 aliphatic heterocycles. The fraction of sp³-hybridized carbons (Fsp3) is 0.304. The SMILES string of the molecule is Cc1cc(CO[Si](c2ccccc2)(c2ccccc2)C(C)(C)C)cc(C(C)C)c1-n1c(=O)nc(N2CCN(C(=O)O)CC2C)c2cc(Cl)c(-c3ccccc3F)nc21. The lowest BCUT2D eigenvalue weighted by Crippen LogP contribution is -2.66. The first kappa shape index (κ1) is 40.8. The molecular weight excluding hydrogens is 769 g/mol. The Morgan fingerprint density at radius 3 is 2.14 bits per heavy atom. The zero-order valence-electron chi connectivity index (χ0n) is 34.0. The molecular formula is C46H49ClFN5O4Si. The Balaban J connectivity index is 1.41. The van der Waals surface area contributed by atoms with Crippen LogP contribution in [0, 0.1) is 12.7 Å². The standard InChI is InChI=1S/C46H49ClFN5O4Si/c1-29(2)36-25-32(28-57-58(46(5,6)7,33-16-10-8-11-17-33)34-18-12-9-13-19-34)24-30(3)41(36)53-43-37(26-38(47)40(49-43)35-20-14-15-21-39(35)48)42(50-44(53)54)52-23-22-51(45(55)56)27-31(52)4/h8-21,24-26,29,31H,22-23,27-28H2,1-7H3,(H,55,56). The highest BCUT2D eigenvalue weighted by atomic mass is 35.5. The first-order valence-electron chi connectivity index (χ1n) is 19.6. The van der Waals surface area contributed by atoms with E-state index in [0.29, 0.717) is 30.0 Å². The van der Waals surface area contributed by atoms with Gasteiger partial charge in [0.2, 0.25) is 0 Å². The Bertz CT molecular complexity index is 2510. The van der Waals surface area contributed by atoms with Crippen LogP contribution in [0.2, 0.25) is 10.1 Å². The topological polar surface area (TPSA) is 101 Å². The van der Waals surface area contributed by atoms with Crippen LogP contribution in [0.3, 0.4) is 0 Å². The van der Waals surface area contributed by atoms with Crippen molar-refractivity contribution >= 4 is 53.2 Å². The molecule has 1 atom stereocenters. The Morgan fingerprint density at radius 1 is 0.948 bits per heavy atom. The average Bonchev–Trinajstić information content (AvgIpc) is 3.18. The molecule has 0 spiro atoms. The number of fused-ring (bicyclic) bond motifs is 1. The summed E-state index contributed by atoms with van der Waals surface area (Å²) in [6.07, 6.45) is -1.00. The summed E-state index contributed by atoms with van der Waals surface area (Å²) in [5.74, 6) is -0.185. The maximum absolute atomic E-state index is 15.4. The monoisotopic (exact) mass is 817 g/mol. The lowest BCUT2D eigenvalue weighted by molar-refractivity contribution is 0.136. The first-order chi connectivity index (χ1) is 27.6. The number of aryl methyl sites for hydroxylation is 1. The molecule has 1 unspecified atom stereocenters. The summed E-state index contributed by atoms with van der Waals surface area (Å²) >= 11 is 6.93. The van der Waals surface area contributed by atoms with Crippen molar-refractivity contribution in [1.29, 1.82) is 0 Å². The number of aromatic nitrogens is 3. The van der Waals surface area contributed by atoms with Gasteiger partial charge in [0.15, 0.2) is 5.65 Å². The van der Waals surface area contributed by atoms with Crippen LogP contribution in [0.15, 0.2) is 108 Å². The van der Waals surface area contributed by atoms with E-state index in [2.05, 4.69) is 100 Å². The zero-order chi connectivity index (χ0) is 41.5. The fourth-order valence-electron chi connectivity index (χ4n) is 8.48. The van der Waals surface area contributed by atoms with Crippen LogP contribution in [-0.4, -0.2) is 64.6 Å². The number of rotatable bonds is 9. The molecule has 1 fully saturated rings. The van der Waals surface area contributed by atoms with Crippen LogP contribution < -0.4 is 21.0 Å². The van der Waals surface area contributed by atoms with Crippen molar-refractivity contribution < 1.29 is 18.7 Å². The molecule has 1 amide bonds. The maximum atomic E-state index is 15.4. The summed E-state index contributed by atoms with van der Waals surface area (Å²) in [5, 5.41) is 12.5. The lowest BCUT2D eigenvalue weighted by Gasteiger charge is -2.43. The minimum absolute atomic E-state index is 0.0365. The molecule has 7 rings (SSSR count). The van der Waals surface area contributed by atoms with E-state index in [0.717, 1.165) is 16.7 Å². The van der Waals surface area contributed by atoms with Gasteiger partial charge in [0.25, 0.3) is 8.32 Å². The number of carbonyl (C=O) groups is 1. The molecule has 2 aromatic heterocycles. The van der Waals surface area contributed by atoms with Crippen LogP contribution in [0.1, 0.15) is 64.2 Å². The summed E-state index contributed by atoms with van der Waals surface area (Å²) in [7, 11) is -2.86. The summed E-state index contributed by atoms with van der Waals surface area (Å²) in [6, 6.07) is 32.9. The van der Waals surface area contributed by atoms with Gasteiger partial charge in [0.1, 0.15) is 11.6 Å². The Labute approximate surface area is 344 Å². The fourth-order valence-corrected chi connectivity index (χ4v) is 13.3. The van der Waals surface area contributed by atoms with E-state index in [4.69, 9.17) is 21.0 Å². The summed E-state index contributed by atoms with van der Waals surface area (Å²) in [4.78, 5) is 39.4. The van der Waals surface area contributed by atoms with E-state index in [1.807, 2.05) is 30.9 Å². The van der Waals surface area contributed by atoms with Crippen molar-refractivity contribution in [3.8, 4) is 16.9 Å². The van der Waals surface area contributed by atoms with Crippen LogP contribution >= 0.6 is 11.6 Å². The molecule has 1 aliphatic rings. The highest BCUT2D eigenvalue weighted by Gasteiger charge is 2.50. The molecule has 58 heavy (non-hydrogen) atoms. The number of hydrogen-bond acceptors (Lipinski definition) is 6. The molecule has 0 radical (unpaired) electrons. The second-order valence-corrected chi connectivity index (χ2v) is 21.2. The molecule has 0 saturated carbocycles. The predicted octanol–water partition coefficient (Wildman–Crippen LogP) is 8.94. The van der Waals surface area contributed by atoms with Crippen LogP contribution in [0.25, 0.3) is 28.0 Å². The third-order valence-electron chi connectivity index (χ3n) is 11.2. The lowest BCUT2D eigenvalue weighted by atomic mass is 9.95. The van der Waals surface area contributed by atoms with E-state index < -0.39 is 25.9 Å². The maximum Gasteiger partial charge on any atom is 0.407 e. The van der Waals surface area contributed by atoms with Gasteiger partial charge >= 0.3 is 11.8 Å². The van der Waals surface area contributed by atoms with Crippen LogP contribution in [-0.2, 0) is 11.0 Å². The second kappa shape index (κ2) is 16.1. The molecule has 0 bridgehead atoms. The Kier molecular flexibility index (Phi) is 11.3. The molecule has 3 heterocycles.